The lowest BCUT2D eigenvalue weighted by Crippen LogP contribution is -1.92. The lowest BCUT2D eigenvalue weighted by Gasteiger charge is -2.05. The summed E-state index contributed by atoms with van der Waals surface area (Å²) in [6.07, 6.45) is 0. The predicted octanol–water partition coefficient (Wildman–Crippen LogP) is 5.02. The standard InChI is InChI=1S/C15H10BrClN2/c1-9-2-4-10(5-3-9)15-18-13-7-6-11(16)8-12(13)14(17)19-15/h2-8H,1H3. The van der Waals surface area contributed by atoms with Crippen LogP contribution in [0.4, 0.5) is 0 Å². The van der Waals surface area contributed by atoms with Gasteiger partial charge in [0.2, 0.25) is 0 Å². The Kier molecular flexibility index (Phi) is 3.25. The smallest absolute Gasteiger partial charge is 0.161 e. The SMILES string of the molecule is Cc1ccc(-c2nc(Cl)c3cc(Br)ccc3n2)cc1. The zero-order valence-electron chi connectivity index (χ0n) is 10.2. The highest BCUT2D eigenvalue weighted by Crippen LogP contribution is 2.27. The van der Waals surface area contributed by atoms with E-state index < -0.39 is 0 Å². The van der Waals surface area contributed by atoms with E-state index in [0.29, 0.717) is 11.0 Å². The number of halogens is 2. The molecule has 0 spiro atoms. The molecule has 0 atom stereocenters. The van der Waals surface area contributed by atoms with Gasteiger partial charge in [0.15, 0.2) is 5.82 Å². The van der Waals surface area contributed by atoms with Crippen LogP contribution in [-0.2, 0) is 0 Å². The Hall–Kier alpha value is -1.45. The molecular weight excluding hydrogens is 324 g/mol. The predicted molar refractivity (Wildman–Crippen MR) is 82.4 cm³/mol. The van der Waals surface area contributed by atoms with Gasteiger partial charge in [-0.2, -0.15) is 0 Å². The molecule has 1 aromatic heterocycles. The van der Waals surface area contributed by atoms with Gasteiger partial charge in [-0.25, -0.2) is 9.97 Å². The number of aryl methyl sites for hydroxylation is 1. The summed E-state index contributed by atoms with van der Waals surface area (Å²) < 4.78 is 0.966. The maximum absolute atomic E-state index is 6.24. The molecule has 0 N–H and O–H groups in total. The molecule has 0 aliphatic heterocycles. The van der Waals surface area contributed by atoms with Crippen molar-refractivity contribution in [2.45, 2.75) is 6.92 Å². The van der Waals surface area contributed by atoms with Gasteiger partial charge in [-0.1, -0.05) is 57.4 Å². The van der Waals surface area contributed by atoms with Crippen molar-refractivity contribution in [2.24, 2.45) is 0 Å². The van der Waals surface area contributed by atoms with Crippen LogP contribution >= 0.6 is 27.5 Å². The summed E-state index contributed by atoms with van der Waals surface area (Å²) in [5.41, 5.74) is 3.02. The van der Waals surface area contributed by atoms with Gasteiger partial charge in [0.1, 0.15) is 5.15 Å². The summed E-state index contributed by atoms with van der Waals surface area (Å²) in [5.74, 6) is 0.653. The molecular formula is C15H10BrClN2. The number of rotatable bonds is 1. The average molecular weight is 334 g/mol. The lowest BCUT2D eigenvalue weighted by molar-refractivity contribution is 1.22. The second-order valence-corrected chi connectivity index (χ2v) is 5.64. The Labute approximate surface area is 124 Å². The van der Waals surface area contributed by atoms with E-state index in [-0.39, 0.29) is 0 Å². The van der Waals surface area contributed by atoms with Crippen LogP contribution in [0, 0.1) is 6.92 Å². The first kappa shape index (κ1) is 12.6. The third-order valence-corrected chi connectivity index (χ3v) is 3.70. The fourth-order valence-electron chi connectivity index (χ4n) is 1.90. The molecule has 0 aliphatic carbocycles. The molecule has 1 heterocycles. The Balaban J connectivity index is 2.20. The molecule has 0 amide bonds. The van der Waals surface area contributed by atoms with Crippen LogP contribution < -0.4 is 0 Å². The first-order chi connectivity index (χ1) is 9.13. The second kappa shape index (κ2) is 4.91. The molecule has 94 valence electrons. The van der Waals surface area contributed by atoms with Crippen molar-refractivity contribution in [3.63, 3.8) is 0 Å². The Morgan fingerprint density at radius 1 is 1.00 bits per heavy atom. The first-order valence-corrected chi connectivity index (χ1v) is 7.00. The van der Waals surface area contributed by atoms with Gasteiger partial charge in [-0.05, 0) is 25.1 Å². The van der Waals surface area contributed by atoms with Crippen LogP contribution in [0.15, 0.2) is 46.9 Å². The van der Waals surface area contributed by atoms with Crippen molar-refractivity contribution < 1.29 is 0 Å². The van der Waals surface area contributed by atoms with E-state index in [2.05, 4.69) is 32.8 Å². The van der Waals surface area contributed by atoms with Gasteiger partial charge in [0.05, 0.1) is 5.52 Å². The fraction of sp³-hybridized carbons (Fsp3) is 0.0667. The average Bonchev–Trinajstić information content (AvgIpc) is 2.40. The van der Waals surface area contributed by atoms with Crippen molar-refractivity contribution in [3.05, 3.63) is 57.7 Å². The second-order valence-electron chi connectivity index (χ2n) is 4.37. The van der Waals surface area contributed by atoms with Gasteiger partial charge >= 0.3 is 0 Å². The quantitative estimate of drug-likeness (QED) is 0.584. The molecule has 19 heavy (non-hydrogen) atoms. The Bertz CT molecular complexity index is 754. The molecule has 0 saturated heterocycles. The summed E-state index contributed by atoms with van der Waals surface area (Å²) >= 11 is 9.67. The maximum atomic E-state index is 6.24. The van der Waals surface area contributed by atoms with Crippen molar-refractivity contribution in [2.75, 3.05) is 0 Å². The third-order valence-electron chi connectivity index (χ3n) is 2.92. The van der Waals surface area contributed by atoms with Crippen molar-refractivity contribution in [1.29, 1.82) is 0 Å². The molecule has 0 saturated carbocycles. The Morgan fingerprint density at radius 3 is 2.47 bits per heavy atom. The highest BCUT2D eigenvalue weighted by Gasteiger charge is 2.08. The van der Waals surface area contributed by atoms with E-state index in [4.69, 9.17) is 11.6 Å². The number of fused-ring (bicyclic) bond motifs is 1. The molecule has 3 aromatic rings. The molecule has 4 heteroatoms. The van der Waals surface area contributed by atoms with E-state index in [1.807, 2.05) is 42.5 Å². The van der Waals surface area contributed by atoms with Crippen LogP contribution in [0.2, 0.25) is 5.15 Å². The van der Waals surface area contributed by atoms with Crippen LogP contribution in [0.1, 0.15) is 5.56 Å². The molecule has 0 fully saturated rings. The first-order valence-electron chi connectivity index (χ1n) is 5.83. The number of hydrogen-bond acceptors (Lipinski definition) is 2. The normalized spacial score (nSPS) is 10.9. The largest absolute Gasteiger partial charge is 0.228 e. The van der Waals surface area contributed by atoms with E-state index in [9.17, 15) is 0 Å². The molecule has 2 nitrogen and oxygen atoms in total. The Morgan fingerprint density at radius 2 is 1.74 bits per heavy atom. The van der Waals surface area contributed by atoms with Crippen LogP contribution in [-0.4, -0.2) is 9.97 Å². The highest BCUT2D eigenvalue weighted by atomic mass is 79.9. The monoisotopic (exact) mass is 332 g/mol. The number of benzene rings is 2. The van der Waals surface area contributed by atoms with Crippen LogP contribution in [0.25, 0.3) is 22.3 Å². The van der Waals surface area contributed by atoms with E-state index >= 15 is 0 Å². The maximum Gasteiger partial charge on any atom is 0.161 e. The summed E-state index contributed by atoms with van der Waals surface area (Å²) in [4.78, 5) is 8.94. The van der Waals surface area contributed by atoms with E-state index in [1.54, 1.807) is 0 Å². The van der Waals surface area contributed by atoms with Gasteiger partial charge in [0, 0.05) is 15.4 Å². The van der Waals surface area contributed by atoms with E-state index in [0.717, 1.165) is 20.9 Å². The van der Waals surface area contributed by atoms with Gasteiger partial charge in [-0.15, -0.1) is 0 Å². The van der Waals surface area contributed by atoms with E-state index in [1.165, 1.54) is 5.56 Å². The summed E-state index contributed by atoms with van der Waals surface area (Å²) in [5, 5.41) is 1.33. The fourth-order valence-corrected chi connectivity index (χ4v) is 2.49. The molecule has 0 unspecified atom stereocenters. The minimum absolute atomic E-state index is 0.474. The van der Waals surface area contributed by atoms with Gasteiger partial charge < -0.3 is 0 Å². The van der Waals surface area contributed by atoms with Crippen molar-refractivity contribution in [3.8, 4) is 11.4 Å². The topological polar surface area (TPSA) is 25.8 Å². The highest BCUT2D eigenvalue weighted by molar-refractivity contribution is 9.10. The molecule has 2 aromatic carbocycles. The van der Waals surface area contributed by atoms with Gasteiger partial charge in [0.25, 0.3) is 0 Å². The van der Waals surface area contributed by atoms with Crippen molar-refractivity contribution >= 4 is 38.4 Å². The minimum atomic E-state index is 0.474. The minimum Gasteiger partial charge on any atom is -0.228 e. The zero-order valence-corrected chi connectivity index (χ0v) is 12.5. The van der Waals surface area contributed by atoms with Gasteiger partial charge in [-0.3, -0.25) is 0 Å². The third kappa shape index (κ3) is 2.48. The number of nitrogens with zero attached hydrogens (tertiary/aromatic N) is 2. The molecule has 3 rings (SSSR count). The van der Waals surface area contributed by atoms with Crippen LogP contribution in [0.3, 0.4) is 0 Å². The van der Waals surface area contributed by atoms with Crippen molar-refractivity contribution in [1.82, 2.24) is 9.97 Å². The van der Waals surface area contributed by atoms with Crippen LogP contribution in [0.5, 0.6) is 0 Å². The summed E-state index contributed by atoms with van der Waals surface area (Å²) in [6.45, 7) is 2.05. The molecule has 0 bridgehead atoms. The molecule has 0 aliphatic rings. The summed E-state index contributed by atoms with van der Waals surface area (Å²) in [6, 6.07) is 13.9. The zero-order chi connectivity index (χ0) is 13.4. The number of hydrogen-bond donors (Lipinski definition) is 0. The number of aromatic nitrogens is 2. The lowest BCUT2D eigenvalue weighted by atomic mass is 10.1. The molecule has 0 radical (unpaired) electrons. The summed E-state index contributed by atoms with van der Waals surface area (Å²) in [7, 11) is 0.